The molecule has 3 rings (SSSR count). The van der Waals surface area contributed by atoms with E-state index in [1.165, 1.54) is 17.0 Å². The van der Waals surface area contributed by atoms with Crippen molar-refractivity contribution in [1.29, 1.82) is 0 Å². The minimum Gasteiger partial charge on any atom is -0.395 e. The van der Waals surface area contributed by atoms with E-state index in [0.29, 0.717) is 11.1 Å². The second-order valence-electron chi connectivity index (χ2n) is 6.56. The molecule has 5 N–H and O–H groups in total. The Hall–Kier alpha value is -3.86. The molecule has 31 heavy (non-hydrogen) atoms. The summed E-state index contributed by atoms with van der Waals surface area (Å²) in [6.07, 6.45) is 3.16. The number of primary amides is 1. The van der Waals surface area contributed by atoms with Gasteiger partial charge in [-0.05, 0) is 40.9 Å². The molecule has 160 valence electrons. The number of benzene rings is 1. The predicted octanol–water partition coefficient (Wildman–Crippen LogP) is 1.32. The number of carbonyl (C=O) groups is 3. The van der Waals surface area contributed by atoms with E-state index in [0.717, 1.165) is 11.5 Å². The number of nitrogens with zero attached hydrogens (tertiary/aromatic N) is 3. The van der Waals surface area contributed by atoms with E-state index in [1.54, 1.807) is 36.7 Å². The summed E-state index contributed by atoms with van der Waals surface area (Å²) in [7, 11) is 0. The number of pyridine rings is 1. The van der Waals surface area contributed by atoms with Crippen LogP contribution in [0.1, 0.15) is 31.3 Å². The average Bonchev–Trinajstić information content (AvgIpc) is 3.14. The molecule has 1 aromatic carbocycles. The lowest BCUT2D eigenvalue weighted by molar-refractivity contribution is -0.122. The maximum Gasteiger partial charge on any atom is 0.270 e. The molecule has 0 saturated heterocycles. The highest BCUT2D eigenvalue weighted by Gasteiger charge is 2.26. The molecule has 11 heteroatoms. The zero-order chi connectivity index (χ0) is 22.4. The number of nitrogen functional groups attached to an aromatic ring is 1. The van der Waals surface area contributed by atoms with Crippen LogP contribution in [0.2, 0.25) is 0 Å². The number of hydrogen-bond acceptors (Lipinski definition) is 7. The molecule has 0 bridgehead atoms. The first-order chi connectivity index (χ1) is 14.8. The van der Waals surface area contributed by atoms with E-state index < -0.39 is 17.7 Å². The van der Waals surface area contributed by atoms with Crippen LogP contribution < -0.4 is 16.8 Å². The van der Waals surface area contributed by atoms with Crippen molar-refractivity contribution < 1.29 is 18.8 Å². The van der Waals surface area contributed by atoms with Gasteiger partial charge >= 0.3 is 0 Å². The molecule has 9 nitrogen and oxygen atoms in total. The lowest BCUT2D eigenvalue weighted by Gasteiger charge is -2.22. The zero-order valence-corrected chi connectivity index (χ0v) is 17.1. The van der Waals surface area contributed by atoms with Crippen LogP contribution in [0.3, 0.4) is 0 Å². The Morgan fingerprint density at radius 3 is 2.48 bits per heavy atom. The lowest BCUT2D eigenvalue weighted by atomic mass is 10.2. The van der Waals surface area contributed by atoms with Gasteiger partial charge in [0.25, 0.3) is 11.8 Å². The topological polar surface area (TPSA) is 144 Å². The zero-order valence-electron chi connectivity index (χ0n) is 16.2. The maximum absolute atomic E-state index is 13.1. The van der Waals surface area contributed by atoms with Crippen molar-refractivity contribution in [1.82, 2.24) is 19.6 Å². The summed E-state index contributed by atoms with van der Waals surface area (Å²) in [5, 5.41) is 2.69. The molecular weight excluding hydrogens is 423 g/mol. The van der Waals surface area contributed by atoms with Crippen molar-refractivity contribution in [3.63, 3.8) is 0 Å². The van der Waals surface area contributed by atoms with Crippen LogP contribution in [0.15, 0.2) is 48.8 Å². The Bertz CT molecular complexity index is 1090. The normalized spacial score (nSPS) is 10.5. The van der Waals surface area contributed by atoms with Crippen molar-refractivity contribution in [2.24, 2.45) is 5.73 Å². The number of aromatic nitrogens is 2. The molecular formula is C20H19FN6O3S. The van der Waals surface area contributed by atoms with E-state index >= 15 is 0 Å². The summed E-state index contributed by atoms with van der Waals surface area (Å²) in [6, 6.07) is 9.16. The van der Waals surface area contributed by atoms with Crippen LogP contribution in [0.5, 0.6) is 0 Å². The quantitative estimate of drug-likeness (QED) is 0.480. The molecule has 2 aromatic heterocycles. The SMILES string of the molecule is NC(=O)c1nsc(C(=O)N(CC(=O)NCc2ccc(F)cc2)Cc2cccnc2)c1N. The summed E-state index contributed by atoms with van der Waals surface area (Å²) >= 11 is 0.740. The fourth-order valence-electron chi connectivity index (χ4n) is 2.72. The summed E-state index contributed by atoms with van der Waals surface area (Å²) in [5.41, 5.74) is 12.2. The van der Waals surface area contributed by atoms with Crippen LogP contribution >= 0.6 is 11.5 Å². The van der Waals surface area contributed by atoms with Gasteiger partial charge in [0, 0.05) is 25.5 Å². The third kappa shape index (κ3) is 5.60. The average molecular weight is 442 g/mol. The first-order valence-corrected chi connectivity index (χ1v) is 9.86. The van der Waals surface area contributed by atoms with Crippen LogP contribution in [0, 0.1) is 5.82 Å². The number of rotatable bonds is 8. The van der Waals surface area contributed by atoms with Gasteiger partial charge in [0.1, 0.15) is 17.2 Å². The third-order valence-electron chi connectivity index (χ3n) is 4.28. The number of halogens is 1. The summed E-state index contributed by atoms with van der Waals surface area (Å²) < 4.78 is 16.9. The van der Waals surface area contributed by atoms with Crippen LogP contribution in [0.25, 0.3) is 0 Å². The molecule has 0 unspecified atom stereocenters. The molecule has 3 amide bonds. The monoisotopic (exact) mass is 442 g/mol. The van der Waals surface area contributed by atoms with E-state index in [4.69, 9.17) is 11.5 Å². The highest BCUT2D eigenvalue weighted by molar-refractivity contribution is 7.09. The second kappa shape index (κ2) is 9.76. The number of nitrogens with two attached hydrogens (primary N) is 2. The van der Waals surface area contributed by atoms with Gasteiger partial charge in [0.05, 0.1) is 5.69 Å². The van der Waals surface area contributed by atoms with Gasteiger partial charge in [0.2, 0.25) is 5.91 Å². The second-order valence-corrected chi connectivity index (χ2v) is 7.34. The number of nitrogens with one attached hydrogen (secondary N) is 1. The van der Waals surface area contributed by atoms with Gasteiger partial charge in [-0.25, -0.2) is 4.39 Å². The molecule has 0 saturated carbocycles. The Balaban J connectivity index is 1.75. The van der Waals surface area contributed by atoms with Crippen molar-refractivity contribution >= 4 is 34.9 Å². The van der Waals surface area contributed by atoms with Crippen molar-refractivity contribution in [2.45, 2.75) is 13.1 Å². The van der Waals surface area contributed by atoms with Crippen LogP contribution in [-0.2, 0) is 17.9 Å². The Kier molecular flexibility index (Phi) is 6.88. The van der Waals surface area contributed by atoms with Gasteiger partial charge < -0.3 is 21.7 Å². The lowest BCUT2D eigenvalue weighted by Crippen LogP contribution is -2.40. The van der Waals surface area contributed by atoms with E-state index in [9.17, 15) is 18.8 Å². The van der Waals surface area contributed by atoms with Gasteiger partial charge in [-0.15, -0.1) is 0 Å². The minimum atomic E-state index is -0.844. The molecule has 3 aromatic rings. The van der Waals surface area contributed by atoms with Gasteiger partial charge in [-0.1, -0.05) is 18.2 Å². The van der Waals surface area contributed by atoms with E-state index in [2.05, 4.69) is 14.7 Å². The molecule has 0 atom stereocenters. The van der Waals surface area contributed by atoms with E-state index in [1.807, 2.05) is 0 Å². The van der Waals surface area contributed by atoms with Crippen molar-refractivity contribution in [3.8, 4) is 0 Å². The predicted molar refractivity (Wildman–Crippen MR) is 112 cm³/mol. The Morgan fingerprint density at radius 2 is 1.87 bits per heavy atom. The minimum absolute atomic E-state index is 0.0176. The van der Waals surface area contributed by atoms with Crippen LogP contribution in [-0.4, -0.2) is 38.5 Å². The Labute approximate surface area is 181 Å². The smallest absolute Gasteiger partial charge is 0.270 e. The standard InChI is InChI=1S/C20H19FN6O3S/c21-14-5-3-12(4-6-14)9-25-15(28)11-27(10-13-2-1-7-24-8-13)20(30)18-16(22)17(19(23)29)26-31-18/h1-8H,9-11,22H2,(H2,23,29)(H,25,28). The Morgan fingerprint density at radius 1 is 1.13 bits per heavy atom. The van der Waals surface area contributed by atoms with Gasteiger partial charge in [-0.3, -0.25) is 19.4 Å². The van der Waals surface area contributed by atoms with E-state index in [-0.39, 0.29) is 41.7 Å². The number of hydrogen-bond donors (Lipinski definition) is 3. The van der Waals surface area contributed by atoms with Crippen molar-refractivity contribution in [3.05, 3.63) is 76.3 Å². The van der Waals surface area contributed by atoms with Gasteiger partial charge in [0.15, 0.2) is 5.69 Å². The highest BCUT2D eigenvalue weighted by atomic mass is 32.1. The van der Waals surface area contributed by atoms with Crippen LogP contribution in [0.4, 0.5) is 10.1 Å². The number of anilines is 1. The summed E-state index contributed by atoms with van der Waals surface area (Å²) in [4.78, 5) is 42.3. The largest absolute Gasteiger partial charge is 0.395 e. The summed E-state index contributed by atoms with van der Waals surface area (Å²) in [6.45, 7) is -0.0272. The molecule has 0 radical (unpaired) electrons. The first kappa shape index (κ1) is 21.8. The molecule has 0 spiro atoms. The number of carbonyl (C=O) groups excluding carboxylic acids is 3. The van der Waals surface area contributed by atoms with Crippen molar-refractivity contribution in [2.75, 3.05) is 12.3 Å². The molecule has 0 fully saturated rings. The third-order valence-corrected chi connectivity index (χ3v) is 5.13. The molecule has 0 aliphatic heterocycles. The maximum atomic E-state index is 13.1. The fraction of sp³-hybridized carbons (Fsp3) is 0.150. The molecule has 0 aliphatic carbocycles. The first-order valence-electron chi connectivity index (χ1n) is 9.09. The summed E-state index contributed by atoms with van der Waals surface area (Å²) in [5.74, 6) is -2.22. The molecule has 0 aliphatic rings. The highest BCUT2D eigenvalue weighted by Crippen LogP contribution is 2.23. The van der Waals surface area contributed by atoms with Gasteiger partial charge in [-0.2, -0.15) is 4.37 Å². The molecule has 2 heterocycles. The fourth-order valence-corrected chi connectivity index (χ4v) is 3.49. The number of amides is 3.